The number of H-pyrrole nitrogens is 1. The third-order valence-corrected chi connectivity index (χ3v) is 7.07. The maximum atomic E-state index is 12.7. The molecule has 5 nitrogen and oxygen atoms in total. The number of hydrogen-bond donors (Lipinski definition) is 3. The van der Waals surface area contributed by atoms with Gasteiger partial charge in [-0.15, -0.1) is 0 Å². The lowest BCUT2D eigenvalue weighted by atomic mass is 9.53. The number of carbonyl (C=O) groups is 1. The van der Waals surface area contributed by atoms with Crippen LogP contribution in [0.1, 0.15) is 74.5 Å². The Kier molecular flexibility index (Phi) is 4.22. The topological polar surface area (TPSA) is 69.8 Å². The Hall–Kier alpha value is -2.30. The molecule has 0 saturated heterocycles. The van der Waals surface area contributed by atoms with Gasteiger partial charge < -0.3 is 10.6 Å². The van der Waals surface area contributed by atoms with Gasteiger partial charge >= 0.3 is 0 Å². The zero-order chi connectivity index (χ0) is 19.3. The molecule has 0 radical (unpaired) electrons. The summed E-state index contributed by atoms with van der Waals surface area (Å²) in [6.07, 6.45) is 8.11. The van der Waals surface area contributed by atoms with Crippen LogP contribution in [0.3, 0.4) is 0 Å². The van der Waals surface area contributed by atoms with Crippen LogP contribution >= 0.6 is 0 Å². The first-order valence-electron chi connectivity index (χ1n) is 10.7. The molecule has 1 aromatic heterocycles. The second kappa shape index (κ2) is 6.64. The number of hydrogen-bond acceptors (Lipinski definition) is 3. The maximum Gasteiger partial charge on any atom is 0.276 e. The second-order valence-electron chi connectivity index (χ2n) is 9.69. The number of anilines is 2. The molecule has 0 unspecified atom stereocenters. The standard InChI is InChI=1S/C23H30N4O/c1-14(2)20-10-21(27-26-20)22(28)24-18-5-3-4-6-19(18)25-23-11-15-7-16(12-23)9-17(8-15)13-23/h3-6,10,14-17,25H,7-9,11-13H2,1-2H3,(H,24,28)(H,26,27). The summed E-state index contributed by atoms with van der Waals surface area (Å²) >= 11 is 0. The van der Waals surface area contributed by atoms with Crippen LogP contribution in [0.15, 0.2) is 30.3 Å². The van der Waals surface area contributed by atoms with Crippen LogP contribution in [0, 0.1) is 17.8 Å². The molecule has 5 heteroatoms. The van der Waals surface area contributed by atoms with Gasteiger partial charge in [0.1, 0.15) is 0 Å². The Morgan fingerprint density at radius 3 is 2.25 bits per heavy atom. The average molecular weight is 379 g/mol. The van der Waals surface area contributed by atoms with Crippen LogP contribution in [-0.4, -0.2) is 21.6 Å². The van der Waals surface area contributed by atoms with Crippen molar-refractivity contribution in [1.82, 2.24) is 10.2 Å². The molecular weight excluding hydrogens is 348 g/mol. The van der Waals surface area contributed by atoms with E-state index in [1.165, 1.54) is 38.5 Å². The molecule has 1 heterocycles. The highest BCUT2D eigenvalue weighted by Crippen LogP contribution is 2.56. The predicted octanol–water partition coefficient (Wildman–Crippen LogP) is 5.17. The van der Waals surface area contributed by atoms with Crippen LogP contribution in [0.5, 0.6) is 0 Å². The highest BCUT2D eigenvalue weighted by molar-refractivity contribution is 6.04. The van der Waals surface area contributed by atoms with Crippen LogP contribution in [-0.2, 0) is 0 Å². The molecule has 148 valence electrons. The Morgan fingerprint density at radius 1 is 1.07 bits per heavy atom. The Balaban J connectivity index is 1.35. The molecule has 1 amide bonds. The van der Waals surface area contributed by atoms with E-state index in [2.05, 4.69) is 40.7 Å². The van der Waals surface area contributed by atoms with E-state index in [0.29, 0.717) is 11.6 Å². The van der Waals surface area contributed by atoms with Crippen LogP contribution in [0.4, 0.5) is 11.4 Å². The van der Waals surface area contributed by atoms with Gasteiger partial charge in [0.05, 0.1) is 11.4 Å². The van der Waals surface area contributed by atoms with E-state index in [1.54, 1.807) is 0 Å². The highest BCUT2D eigenvalue weighted by atomic mass is 16.1. The molecule has 28 heavy (non-hydrogen) atoms. The van der Waals surface area contributed by atoms with E-state index in [4.69, 9.17) is 0 Å². The Bertz CT molecular complexity index is 849. The minimum absolute atomic E-state index is 0.164. The van der Waals surface area contributed by atoms with E-state index in [1.807, 2.05) is 24.3 Å². The second-order valence-corrected chi connectivity index (χ2v) is 9.69. The van der Waals surface area contributed by atoms with Gasteiger partial charge in [0.2, 0.25) is 0 Å². The average Bonchev–Trinajstić information content (AvgIpc) is 3.12. The van der Waals surface area contributed by atoms with Gasteiger partial charge in [0.15, 0.2) is 5.69 Å². The zero-order valence-corrected chi connectivity index (χ0v) is 16.8. The molecule has 4 aliphatic rings. The molecule has 4 bridgehead atoms. The van der Waals surface area contributed by atoms with Gasteiger partial charge in [-0.1, -0.05) is 26.0 Å². The number of aromatic amines is 1. The minimum Gasteiger partial charge on any atom is -0.378 e. The SMILES string of the molecule is CC(C)c1cc(C(=O)Nc2ccccc2NC23CC4CC(CC(C4)C2)C3)n[nH]1. The van der Waals surface area contributed by atoms with E-state index >= 15 is 0 Å². The number of nitrogens with one attached hydrogen (secondary N) is 3. The summed E-state index contributed by atoms with van der Waals surface area (Å²) in [4.78, 5) is 12.7. The molecule has 0 spiro atoms. The monoisotopic (exact) mass is 378 g/mol. The van der Waals surface area contributed by atoms with Crippen molar-refractivity contribution in [3.05, 3.63) is 41.7 Å². The first-order valence-corrected chi connectivity index (χ1v) is 10.7. The summed E-state index contributed by atoms with van der Waals surface area (Å²) < 4.78 is 0. The third-order valence-electron chi connectivity index (χ3n) is 7.07. The summed E-state index contributed by atoms with van der Waals surface area (Å²) in [6, 6.07) is 9.94. The normalized spacial score (nSPS) is 30.6. The first-order chi connectivity index (χ1) is 13.5. The molecule has 1 aromatic carbocycles. The number of rotatable bonds is 5. The Labute approximate surface area is 166 Å². The van der Waals surface area contributed by atoms with Crippen LogP contribution in [0.2, 0.25) is 0 Å². The zero-order valence-electron chi connectivity index (χ0n) is 16.8. The molecule has 3 N–H and O–H groups in total. The molecule has 4 fully saturated rings. The van der Waals surface area contributed by atoms with Crippen molar-refractivity contribution in [2.75, 3.05) is 10.6 Å². The molecule has 6 rings (SSSR count). The summed E-state index contributed by atoms with van der Waals surface area (Å²) in [5, 5.41) is 14.1. The molecule has 0 atom stereocenters. The smallest absolute Gasteiger partial charge is 0.276 e. The van der Waals surface area contributed by atoms with Gasteiger partial charge in [-0.2, -0.15) is 5.10 Å². The molecule has 4 aliphatic carbocycles. The first kappa shape index (κ1) is 17.8. The van der Waals surface area contributed by atoms with Gasteiger partial charge in [0, 0.05) is 11.2 Å². The maximum absolute atomic E-state index is 12.7. The number of amides is 1. The fourth-order valence-corrected chi connectivity index (χ4v) is 6.19. The number of nitrogens with zero attached hydrogens (tertiary/aromatic N) is 1. The van der Waals surface area contributed by atoms with Gasteiger partial charge in [-0.3, -0.25) is 9.89 Å². The lowest BCUT2D eigenvalue weighted by Gasteiger charge is -2.57. The number of benzene rings is 1. The van der Waals surface area contributed by atoms with Gasteiger partial charge in [0.25, 0.3) is 5.91 Å². The molecule has 2 aromatic rings. The van der Waals surface area contributed by atoms with Crippen molar-refractivity contribution in [1.29, 1.82) is 0 Å². The lowest BCUT2D eigenvalue weighted by molar-refractivity contribution is 0.0107. The Morgan fingerprint density at radius 2 is 1.68 bits per heavy atom. The largest absolute Gasteiger partial charge is 0.378 e. The summed E-state index contributed by atoms with van der Waals surface area (Å²) in [5.74, 6) is 2.82. The lowest BCUT2D eigenvalue weighted by Crippen LogP contribution is -2.54. The quantitative estimate of drug-likeness (QED) is 0.672. The van der Waals surface area contributed by atoms with E-state index < -0.39 is 0 Å². The molecule has 0 aliphatic heterocycles. The summed E-state index contributed by atoms with van der Waals surface area (Å²) in [7, 11) is 0. The van der Waals surface area contributed by atoms with Crippen molar-refractivity contribution in [3.63, 3.8) is 0 Å². The predicted molar refractivity (Wildman–Crippen MR) is 112 cm³/mol. The molecule has 4 saturated carbocycles. The summed E-state index contributed by atoms with van der Waals surface area (Å²) in [5.41, 5.74) is 3.51. The highest BCUT2D eigenvalue weighted by Gasteiger charge is 2.51. The number of aromatic nitrogens is 2. The van der Waals surface area contributed by atoms with E-state index in [-0.39, 0.29) is 11.4 Å². The summed E-state index contributed by atoms with van der Waals surface area (Å²) in [6.45, 7) is 4.17. The van der Waals surface area contributed by atoms with Crippen LogP contribution in [0.25, 0.3) is 0 Å². The van der Waals surface area contributed by atoms with Crippen molar-refractivity contribution in [2.24, 2.45) is 17.8 Å². The van der Waals surface area contributed by atoms with Crippen molar-refractivity contribution in [3.8, 4) is 0 Å². The van der Waals surface area contributed by atoms with Crippen LogP contribution < -0.4 is 10.6 Å². The van der Waals surface area contributed by atoms with Crippen molar-refractivity contribution in [2.45, 2.75) is 63.8 Å². The third kappa shape index (κ3) is 3.21. The van der Waals surface area contributed by atoms with Crippen molar-refractivity contribution >= 4 is 17.3 Å². The fourth-order valence-electron chi connectivity index (χ4n) is 6.19. The minimum atomic E-state index is -0.164. The van der Waals surface area contributed by atoms with Gasteiger partial charge in [-0.25, -0.2) is 0 Å². The van der Waals surface area contributed by atoms with E-state index in [9.17, 15) is 4.79 Å². The number of carbonyl (C=O) groups excluding carboxylic acids is 1. The fraction of sp³-hybridized carbons (Fsp3) is 0.565. The van der Waals surface area contributed by atoms with Crippen molar-refractivity contribution < 1.29 is 4.79 Å². The molecular formula is C23H30N4O. The van der Waals surface area contributed by atoms with E-state index in [0.717, 1.165) is 34.8 Å². The number of para-hydroxylation sites is 2. The van der Waals surface area contributed by atoms with Gasteiger partial charge in [-0.05, 0) is 80.4 Å².